The Hall–Kier alpha value is -5.58. The molecule has 0 spiro atoms. The molecule has 8 rings (SSSR count). The Labute approximate surface area is 326 Å². The number of carbonyl (C=O) groups excluding carboxylic acids is 1. The van der Waals surface area contributed by atoms with Crippen LogP contribution in [0.2, 0.25) is 5.02 Å². The number of ether oxygens (including phenoxy) is 2. The van der Waals surface area contributed by atoms with Crippen LogP contribution in [0.5, 0.6) is 0 Å². The molecule has 278 valence electrons. The lowest BCUT2D eigenvalue weighted by Gasteiger charge is -2.55. The highest BCUT2D eigenvalue weighted by molar-refractivity contribution is 6.31. The molecule has 1 saturated heterocycles. The fraction of sp³-hybridized carbons (Fsp3) is 0.222. The van der Waals surface area contributed by atoms with Crippen LogP contribution in [0.25, 0.3) is 10.9 Å². The van der Waals surface area contributed by atoms with Gasteiger partial charge in [0.1, 0.15) is 17.8 Å². The van der Waals surface area contributed by atoms with E-state index >= 15 is 0 Å². The largest absolute Gasteiger partial charge is 0.353 e. The number of fused-ring (bicyclic) bond motifs is 1. The average molecular weight is 752 g/mol. The lowest BCUT2D eigenvalue weighted by atomic mass is 9.77. The van der Waals surface area contributed by atoms with Crippen LogP contribution in [0.15, 0.2) is 146 Å². The van der Waals surface area contributed by atoms with Crippen LogP contribution in [0, 0.1) is 6.92 Å². The van der Waals surface area contributed by atoms with Crippen molar-refractivity contribution in [3.8, 4) is 0 Å². The summed E-state index contributed by atoms with van der Waals surface area (Å²) >= 11 is 6.68. The number of Topliss-reactive ketones (excluding diaryl/α,β-unsaturated/α-hetero) is 1. The Morgan fingerprint density at radius 1 is 0.836 bits per heavy atom. The van der Waals surface area contributed by atoms with E-state index in [4.69, 9.17) is 31.2 Å². The monoisotopic (exact) mass is 751 g/mol. The number of halogens is 1. The molecule has 7 aromatic rings. The number of nitrogens with zero attached hydrogens (tertiary/aromatic N) is 5. The number of hydrogen-bond donors (Lipinski definition) is 1. The first-order valence-corrected chi connectivity index (χ1v) is 18.8. The van der Waals surface area contributed by atoms with Crippen molar-refractivity contribution >= 4 is 39.8 Å². The van der Waals surface area contributed by atoms with Gasteiger partial charge < -0.3 is 18.9 Å². The molecule has 1 aliphatic rings. The molecule has 0 saturated carbocycles. The standard InChI is InChI=1S/C45H44ClN6O3/c1-31-38(46)24-16-26-40(31)51-28-41(32(2)53)52(44(55-4)43(51)54-3,42-37-23-14-15-25-39(37)48-49-42)29-36-27-50(30-47-36)45(33-17-8-5-9-18-33,34-19-10-6-11-20-34)35-21-12-7-13-22-35/h5-27,30,41,43-44H,28-29H2,1-4H3,(H,48,49)/q+1. The van der Waals surface area contributed by atoms with Crippen LogP contribution >= 0.6 is 11.6 Å². The Morgan fingerprint density at radius 3 is 2.02 bits per heavy atom. The fourth-order valence-electron chi connectivity index (χ4n) is 8.84. The highest BCUT2D eigenvalue weighted by atomic mass is 35.5. The van der Waals surface area contributed by atoms with E-state index in [1.807, 2.05) is 73.9 Å². The molecule has 3 heterocycles. The Morgan fingerprint density at radius 2 is 1.44 bits per heavy atom. The minimum atomic E-state index is -0.765. The number of quaternary nitrogens is 1. The number of methoxy groups -OCH3 is 2. The van der Waals surface area contributed by atoms with Crippen LogP contribution in [-0.4, -0.2) is 64.8 Å². The summed E-state index contributed by atoms with van der Waals surface area (Å²) in [7, 11) is 3.36. The Kier molecular flexibility index (Phi) is 9.88. The van der Waals surface area contributed by atoms with Crippen molar-refractivity contribution in [1.82, 2.24) is 24.2 Å². The summed E-state index contributed by atoms with van der Waals surface area (Å²) in [6, 6.07) is 44.7. The van der Waals surface area contributed by atoms with E-state index in [1.165, 1.54) is 0 Å². The number of aromatic nitrogens is 4. The number of piperazine rings is 1. The van der Waals surface area contributed by atoms with E-state index in [2.05, 4.69) is 93.6 Å². The summed E-state index contributed by atoms with van der Waals surface area (Å²) in [6.45, 7) is 4.26. The van der Waals surface area contributed by atoms with Crippen molar-refractivity contribution in [3.63, 3.8) is 0 Å². The van der Waals surface area contributed by atoms with E-state index in [-0.39, 0.29) is 10.3 Å². The second-order valence-electron chi connectivity index (χ2n) is 14.2. The molecule has 4 atom stereocenters. The van der Waals surface area contributed by atoms with E-state index < -0.39 is 24.0 Å². The number of H-pyrrole nitrogens is 1. The summed E-state index contributed by atoms with van der Waals surface area (Å²) in [5.74, 6) is 0.744. The SMILES string of the molecule is COC1C(OC)[N+](Cc2cn(C(c3ccccc3)(c3ccccc3)c3ccccc3)cn2)(c2[nH]nc3ccccc23)C(C(C)=O)CN1c1cccc(Cl)c1C. The van der Waals surface area contributed by atoms with Crippen molar-refractivity contribution in [3.05, 3.63) is 179 Å². The number of ketones is 1. The maximum absolute atomic E-state index is 14.3. The van der Waals surface area contributed by atoms with Gasteiger partial charge in [-0.2, -0.15) is 5.10 Å². The predicted octanol–water partition coefficient (Wildman–Crippen LogP) is 8.49. The summed E-state index contributed by atoms with van der Waals surface area (Å²) < 4.78 is 15.2. The number of anilines is 1. The van der Waals surface area contributed by atoms with Gasteiger partial charge >= 0.3 is 0 Å². The first-order chi connectivity index (χ1) is 26.8. The number of nitrogens with one attached hydrogen (secondary N) is 1. The van der Waals surface area contributed by atoms with Crippen LogP contribution in [0.4, 0.5) is 11.5 Å². The minimum absolute atomic E-state index is 0.00778. The molecule has 9 nitrogen and oxygen atoms in total. The van der Waals surface area contributed by atoms with Crippen molar-refractivity contribution in [1.29, 1.82) is 0 Å². The molecular weight excluding hydrogens is 708 g/mol. The van der Waals surface area contributed by atoms with Gasteiger partial charge in [0.2, 0.25) is 18.3 Å². The van der Waals surface area contributed by atoms with Gasteiger partial charge in [0.15, 0.2) is 11.8 Å². The summed E-state index contributed by atoms with van der Waals surface area (Å²) in [4.78, 5) is 21.6. The molecule has 2 aromatic heterocycles. The normalized spacial score (nSPS) is 20.2. The Balaban J connectivity index is 1.36. The van der Waals surface area contributed by atoms with Crippen molar-refractivity contribution in [2.24, 2.45) is 0 Å². The Bertz CT molecular complexity index is 2320. The molecule has 0 radical (unpaired) electrons. The molecule has 55 heavy (non-hydrogen) atoms. The third-order valence-electron chi connectivity index (χ3n) is 11.3. The summed E-state index contributed by atoms with van der Waals surface area (Å²) in [5.41, 5.74) is 5.82. The fourth-order valence-corrected chi connectivity index (χ4v) is 9.01. The molecule has 10 heteroatoms. The molecule has 1 fully saturated rings. The molecular formula is C45H44ClN6O3+. The number of hydrogen-bond acceptors (Lipinski definition) is 6. The first kappa shape index (κ1) is 36.4. The van der Waals surface area contributed by atoms with Gasteiger partial charge in [-0.3, -0.25) is 4.79 Å². The zero-order valence-corrected chi connectivity index (χ0v) is 32.1. The van der Waals surface area contributed by atoms with E-state index in [0.29, 0.717) is 18.1 Å². The second kappa shape index (κ2) is 14.9. The quantitative estimate of drug-likeness (QED) is 0.105. The predicted molar refractivity (Wildman–Crippen MR) is 218 cm³/mol. The topological polar surface area (TPSA) is 85.3 Å². The van der Waals surface area contributed by atoms with Crippen LogP contribution in [0.3, 0.4) is 0 Å². The lowest BCUT2D eigenvalue weighted by molar-refractivity contribution is -0.160. The molecule has 1 aliphatic heterocycles. The van der Waals surface area contributed by atoms with Crippen LogP contribution < -0.4 is 9.38 Å². The van der Waals surface area contributed by atoms with Crippen LogP contribution in [-0.2, 0) is 26.4 Å². The third kappa shape index (κ3) is 5.95. The number of carbonyl (C=O) groups is 1. The zero-order chi connectivity index (χ0) is 38.2. The maximum atomic E-state index is 14.3. The highest BCUT2D eigenvalue weighted by Gasteiger charge is 2.60. The van der Waals surface area contributed by atoms with E-state index in [0.717, 1.165) is 50.4 Å². The molecule has 0 amide bonds. The van der Waals surface area contributed by atoms with Gasteiger partial charge in [-0.1, -0.05) is 121 Å². The number of para-hydroxylation sites is 1. The molecule has 0 bridgehead atoms. The number of benzene rings is 5. The van der Waals surface area contributed by atoms with Gasteiger partial charge in [-0.05, 0) is 53.4 Å². The summed E-state index contributed by atoms with van der Waals surface area (Å²) in [5, 5.41) is 9.67. The third-order valence-corrected chi connectivity index (χ3v) is 11.7. The van der Waals surface area contributed by atoms with Gasteiger partial charge in [0.25, 0.3) is 0 Å². The molecule has 0 aliphatic carbocycles. The van der Waals surface area contributed by atoms with Gasteiger partial charge in [-0.25, -0.2) is 14.6 Å². The lowest BCUT2D eigenvalue weighted by Crippen LogP contribution is -2.78. The number of rotatable bonds is 11. The summed E-state index contributed by atoms with van der Waals surface area (Å²) in [6.07, 6.45) is 2.68. The number of aromatic amines is 1. The second-order valence-corrected chi connectivity index (χ2v) is 14.6. The first-order valence-electron chi connectivity index (χ1n) is 18.4. The van der Waals surface area contributed by atoms with Gasteiger partial charge in [0, 0.05) is 38.1 Å². The van der Waals surface area contributed by atoms with Gasteiger partial charge in [-0.15, -0.1) is 0 Å². The van der Waals surface area contributed by atoms with Crippen molar-refractivity contribution in [2.45, 2.75) is 44.4 Å². The number of imidazole rings is 1. The minimum Gasteiger partial charge on any atom is -0.353 e. The maximum Gasteiger partial charge on any atom is 0.246 e. The molecule has 5 aromatic carbocycles. The molecule has 1 N–H and O–H groups in total. The van der Waals surface area contributed by atoms with E-state index in [9.17, 15) is 4.79 Å². The zero-order valence-electron chi connectivity index (χ0n) is 31.3. The highest BCUT2D eigenvalue weighted by Crippen LogP contribution is 2.45. The molecule has 4 unspecified atom stereocenters. The van der Waals surface area contributed by atoms with Crippen molar-refractivity contribution < 1.29 is 14.3 Å². The smallest absolute Gasteiger partial charge is 0.246 e. The average Bonchev–Trinajstić information content (AvgIpc) is 3.88. The van der Waals surface area contributed by atoms with Crippen LogP contribution in [0.1, 0.15) is 34.9 Å². The van der Waals surface area contributed by atoms with E-state index in [1.54, 1.807) is 21.1 Å². The van der Waals surface area contributed by atoms with Gasteiger partial charge in [0.05, 0.1) is 23.8 Å². The van der Waals surface area contributed by atoms with Crippen molar-refractivity contribution in [2.75, 3.05) is 25.7 Å².